The number of fused-ring (bicyclic) bond motifs is 2. The number of nitrogens with one attached hydrogen (secondary N) is 4. The molecule has 0 saturated heterocycles. The molecule has 4 N–H and O–H groups in total. The van der Waals surface area contributed by atoms with E-state index in [1.165, 1.54) is 0 Å². The second-order valence-electron chi connectivity index (χ2n) is 6.95. The molecule has 7 nitrogen and oxygen atoms in total. The maximum atomic E-state index is 11.8. The summed E-state index contributed by atoms with van der Waals surface area (Å²) < 4.78 is 0. The molecule has 4 rings (SSSR count). The van der Waals surface area contributed by atoms with Crippen LogP contribution in [-0.4, -0.2) is 22.6 Å². The summed E-state index contributed by atoms with van der Waals surface area (Å²) in [7, 11) is 0. The molecule has 0 aliphatic carbocycles. The van der Waals surface area contributed by atoms with E-state index in [0.717, 1.165) is 12.1 Å². The molecule has 1 aliphatic heterocycles. The number of anilines is 4. The minimum absolute atomic E-state index is 0.0303. The summed E-state index contributed by atoms with van der Waals surface area (Å²) in [4.78, 5) is 17.8. The first-order valence-corrected chi connectivity index (χ1v) is 9.77. The maximum absolute atomic E-state index is 11.8. The molecule has 7 heteroatoms. The van der Waals surface area contributed by atoms with Crippen molar-refractivity contribution >= 4 is 40.5 Å². The van der Waals surface area contributed by atoms with E-state index in [2.05, 4.69) is 15.6 Å². The average molecular weight is 398 g/mol. The number of para-hydroxylation sites is 1. The number of nitrogens with zero attached hydrogens (tertiary/aromatic N) is 2. The van der Waals surface area contributed by atoms with Crippen LogP contribution < -0.4 is 15.5 Å². The zero-order valence-corrected chi connectivity index (χ0v) is 16.6. The van der Waals surface area contributed by atoms with E-state index in [4.69, 9.17) is 10.8 Å². The van der Waals surface area contributed by atoms with Crippen LogP contribution in [0.25, 0.3) is 0 Å². The van der Waals surface area contributed by atoms with Crippen molar-refractivity contribution in [1.82, 2.24) is 4.98 Å². The third kappa shape index (κ3) is 3.65. The third-order valence-corrected chi connectivity index (χ3v) is 4.83. The summed E-state index contributed by atoms with van der Waals surface area (Å²) in [6, 6.07) is 18.2. The van der Waals surface area contributed by atoms with E-state index in [0.29, 0.717) is 34.7 Å². The summed E-state index contributed by atoms with van der Waals surface area (Å²) in [5, 5.41) is 23.8. The molecule has 0 bridgehead atoms. The Balaban J connectivity index is 1.69. The quantitative estimate of drug-likeness (QED) is 0.376. The lowest BCUT2D eigenvalue weighted by Gasteiger charge is -2.25. The minimum atomic E-state index is -0.0303. The normalized spacial score (nSPS) is 12.3. The number of hydrogen-bond acceptors (Lipinski definition) is 5. The number of carbonyl (C=O) groups excluding carboxylic acids is 1. The van der Waals surface area contributed by atoms with Crippen LogP contribution in [0, 0.1) is 10.8 Å². The number of carbonyl (C=O) groups is 1. The molecule has 1 aliphatic rings. The van der Waals surface area contributed by atoms with E-state index >= 15 is 0 Å². The Morgan fingerprint density at radius 1 is 1.10 bits per heavy atom. The molecule has 30 heavy (non-hydrogen) atoms. The van der Waals surface area contributed by atoms with Crippen LogP contribution in [0.3, 0.4) is 0 Å². The van der Waals surface area contributed by atoms with Crippen molar-refractivity contribution in [3.05, 3.63) is 78.0 Å². The summed E-state index contributed by atoms with van der Waals surface area (Å²) >= 11 is 0. The number of amides is 1. The molecule has 0 atom stereocenters. The number of amidine groups is 2. The largest absolute Gasteiger partial charge is 0.338 e. The highest BCUT2D eigenvalue weighted by molar-refractivity contribution is 6.30. The van der Waals surface area contributed by atoms with Gasteiger partial charge in [0.25, 0.3) is 0 Å². The highest BCUT2D eigenvalue weighted by atomic mass is 16.1. The van der Waals surface area contributed by atoms with Gasteiger partial charge >= 0.3 is 0 Å². The second-order valence-corrected chi connectivity index (χ2v) is 6.95. The standard InChI is InChI=1S/C23H22N6O/c1-2-6-20(30)27-16-12-10-15(11-13-16)21(24)29-19-9-5-14-26-23(19)28-18-8-4-3-7-17(18)22(29)25/h3-5,7-14,24-25H,2,6H2,1H3,(H,26,28)(H,27,30). The van der Waals surface area contributed by atoms with Crippen LogP contribution in [0.5, 0.6) is 0 Å². The summed E-state index contributed by atoms with van der Waals surface area (Å²) in [6.45, 7) is 1.96. The van der Waals surface area contributed by atoms with Crippen molar-refractivity contribution in [3.8, 4) is 0 Å². The molecule has 0 fully saturated rings. The fourth-order valence-corrected chi connectivity index (χ4v) is 3.36. The Labute approximate surface area is 174 Å². The topological polar surface area (TPSA) is 105 Å². The predicted molar refractivity (Wildman–Crippen MR) is 120 cm³/mol. The molecule has 2 heterocycles. The molecule has 0 unspecified atom stereocenters. The molecule has 0 spiro atoms. The SMILES string of the molecule is CCCC(=O)Nc1ccc(C(=N)N2C(=N)c3ccccc3Nc3ncccc32)cc1. The van der Waals surface area contributed by atoms with E-state index in [9.17, 15) is 4.79 Å². The Hall–Kier alpha value is -4.00. The molecule has 2 aromatic carbocycles. The molecular formula is C23H22N6O. The number of pyridine rings is 1. The van der Waals surface area contributed by atoms with Crippen molar-refractivity contribution in [2.24, 2.45) is 0 Å². The molecule has 1 amide bonds. The maximum Gasteiger partial charge on any atom is 0.224 e. The van der Waals surface area contributed by atoms with Gasteiger partial charge in [-0.2, -0.15) is 0 Å². The van der Waals surface area contributed by atoms with Crippen molar-refractivity contribution < 1.29 is 4.79 Å². The Morgan fingerprint density at radius 3 is 2.63 bits per heavy atom. The van der Waals surface area contributed by atoms with Gasteiger partial charge < -0.3 is 10.6 Å². The Kier molecular flexibility index (Phi) is 5.26. The van der Waals surface area contributed by atoms with Gasteiger partial charge in [-0.25, -0.2) is 4.98 Å². The monoisotopic (exact) mass is 398 g/mol. The first kappa shape index (κ1) is 19.3. The van der Waals surface area contributed by atoms with Gasteiger partial charge in [0.15, 0.2) is 5.82 Å². The zero-order chi connectivity index (χ0) is 21.1. The Bertz CT molecular complexity index is 1120. The van der Waals surface area contributed by atoms with Gasteiger partial charge in [-0.1, -0.05) is 19.1 Å². The highest BCUT2D eigenvalue weighted by Crippen LogP contribution is 2.34. The van der Waals surface area contributed by atoms with Crippen molar-refractivity contribution in [3.63, 3.8) is 0 Å². The van der Waals surface area contributed by atoms with Crippen LogP contribution in [0.15, 0.2) is 66.9 Å². The molecule has 3 aromatic rings. The summed E-state index contributed by atoms with van der Waals surface area (Å²) in [5.74, 6) is 0.895. The molecule has 1 aromatic heterocycles. The highest BCUT2D eigenvalue weighted by Gasteiger charge is 2.28. The van der Waals surface area contributed by atoms with Gasteiger partial charge in [0, 0.05) is 29.4 Å². The summed E-state index contributed by atoms with van der Waals surface area (Å²) in [5.41, 5.74) is 3.40. The minimum Gasteiger partial charge on any atom is -0.338 e. The van der Waals surface area contributed by atoms with Gasteiger partial charge in [0.05, 0.1) is 11.4 Å². The first-order valence-electron chi connectivity index (χ1n) is 9.77. The zero-order valence-electron chi connectivity index (χ0n) is 16.6. The van der Waals surface area contributed by atoms with E-state index < -0.39 is 0 Å². The lowest BCUT2D eigenvalue weighted by Crippen LogP contribution is -2.36. The second kappa shape index (κ2) is 8.16. The number of rotatable bonds is 4. The van der Waals surface area contributed by atoms with Gasteiger partial charge in [-0.05, 0) is 55.0 Å². The lowest BCUT2D eigenvalue weighted by molar-refractivity contribution is -0.116. The van der Waals surface area contributed by atoms with E-state index in [1.807, 2.05) is 37.3 Å². The number of aromatic nitrogens is 1. The van der Waals surface area contributed by atoms with Crippen LogP contribution in [0.4, 0.5) is 22.9 Å². The molecule has 0 radical (unpaired) electrons. The molecular weight excluding hydrogens is 376 g/mol. The fraction of sp³-hybridized carbons (Fsp3) is 0.130. The van der Waals surface area contributed by atoms with Crippen molar-refractivity contribution in [1.29, 1.82) is 10.8 Å². The average Bonchev–Trinajstić information content (AvgIpc) is 2.88. The lowest BCUT2D eigenvalue weighted by atomic mass is 10.1. The van der Waals surface area contributed by atoms with Crippen LogP contribution in [-0.2, 0) is 4.79 Å². The van der Waals surface area contributed by atoms with Crippen molar-refractivity contribution in [2.45, 2.75) is 19.8 Å². The smallest absolute Gasteiger partial charge is 0.224 e. The van der Waals surface area contributed by atoms with Crippen LogP contribution in [0.2, 0.25) is 0 Å². The van der Waals surface area contributed by atoms with Crippen molar-refractivity contribution in [2.75, 3.05) is 15.5 Å². The van der Waals surface area contributed by atoms with E-state index in [1.54, 1.807) is 41.4 Å². The van der Waals surface area contributed by atoms with Gasteiger partial charge in [0.2, 0.25) is 5.91 Å². The molecule has 150 valence electrons. The van der Waals surface area contributed by atoms with Gasteiger partial charge in [0.1, 0.15) is 11.7 Å². The number of hydrogen-bond donors (Lipinski definition) is 4. The molecule has 0 saturated carbocycles. The third-order valence-electron chi connectivity index (χ3n) is 4.83. The van der Waals surface area contributed by atoms with Gasteiger partial charge in [-0.15, -0.1) is 0 Å². The Morgan fingerprint density at radius 2 is 1.87 bits per heavy atom. The van der Waals surface area contributed by atoms with Gasteiger partial charge in [-0.3, -0.25) is 20.5 Å². The van der Waals surface area contributed by atoms with Crippen LogP contribution in [0.1, 0.15) is 30.9 Å². The van der Waals surface area contributed by atoms with E-state index in [-0.39, 0.29) is 17.6 Å². The first-order chi connectivity index (χ1) is 14.6. The summed E-state index contributed by atoms with van der Waals surface area (Å²) in [6.07, 6.45) is 2.94. The van der Waals surface area contributed by atoms with Crippen LogP contribution >= 0.6 is 0 Å². The predicted octanol–water partition coefficient (Wildman–Crippen LogP) is 4.73. The number of benzene rings is 2. The fourth-order valence-electron chi connectivity index (χ4n) is 3.36.